The zero-order valence-corrected chi connectivity index (χ0v) is 14.9. The first kappa shape index (κ1) is 19.0. The minimum absolute atomic E-state index is 0.0104. The lowest BCUT2D eigenvalue weighted by Gasteiger charge is -2.37. The zero-order chi connectivity index (χ0) is 18.4. The van der Waals surface area contributed by atoms with Gasteiger partial charge in [-0.3, -0.25) is 14.4 Å². The zero-order valence-electron chi connectivity index (χ0n) is 14.9. The fourth-order valence-electron chi connectivity index (χ4n) is 3.05. The Morgan fingerprint density at radius 2 is 2.04 bits per heavy atom. The number of ether oxygens (including phenoxy) is 1. The Bertz CT molecular complexity index is 644. The second kappa shape index (κ2) is 8.65. The van der Waals surface area contributed by atoms with Gasteiger partial charge in [-0.15, -0.1) is 0 Å². The Labute approximate surface area is 148 Å². The maximum Gasteiger partial charge on any atom is 0.222 e. The van der Waals surface area contributed by atoms with Crippen LogP contribution in [0.4, 0.5) is 0 Å². The minimum atomic E-state index is -0.335. The molecule has 136 valence electrons. The number of benzene rings is 1. The van der Waals surface area contributed by atoms with Crippen LogP contribution in [0.5, 0.6) is 5.75 Å². The molecule has 2 rings (SSSR count). The number of Topliss-reactive ketones (excluding diaryl/α,β-unsaturated/α-hetero) is 1. The van der Waals surface area contributed by atoms with E-state index in [2.05, 4.69) is 0 Å². The molecular formula is C19H26N2O4. The summed E-state index contributed by atoms with van der Waals surface area (Å²) in [6, 6.07) is 7.14. The topological polar surface area (TPSA) is 89.7 Å². The molecule has 0 spiro atoms. The van der Waals surface area contributed by atoms with Crippen LogP contribution in [0, 0.1) is 5.92 Å². The van der Waals surface area contributed by atoms with Crippen LogP contribution in [0.1, 0.15) is 49.9 Å². The van der Waals surface area contributed by atoms with Crippen molar-refractivity contribution in [3.63, 3.8) is 0 Å². The van der Waals surface area contributed by atoms with Crippen molar-refractivity contribution in [2.75, 3.05) is 13.2 Å². The van der Waals surface area contributed by atoms with Crippen molar-refractivity contribution in [2.24, 2.45) is 11.7 Å². The van der Waals surface area contributed by atoms with Crippen molar-refractivity contribution in [1.82, 2.24) is 4.90 Å². The van der Waals surface area contributed by atoms with Gasteiger partial charge in [0, 0.05) is 24.6 Å². The van der Waals surface area contributed by atoms with Crippen LogP contribution in [0.25, 0.3) is 0 Å². The monoisotopic (exact) mass is 346 g/mol. The van der Waals surface area contributed by atoms with Gasteiger partial charge in [-0.1, -0.05) is 12.1 Å². The van der Waals surface area contributed by atoms with Crippen molar-refractivity contribution in [3.05, 3.63) is 29.8 Å². The number of amides is 2. The number of carbonyl (C=O) groups is 3. The van der Waals surface area contributed by atoms with Gasteiger partial charge < -0.3 is 15.4 Å². The van der Waals surface area contributed by atoms with Crippen molar-refractivity contribution in [3.8, 4) is 5.75 Å². The first-order valence-electron chi connectivity index (χ1n) is 8.71. The van der Waals surface area contributed by atoms with Crippen LogP contribution >= 0.6 is 0 Å². The van der Waals surface area contributed by atoms with E-state index in [1.165, 1.54) is 6.92 Å². The second-order valence-electron chi connectivity index (χ2n) is 6.61. The molecule has 1 aromatic carbocycles. The summed E-state index contributed by atoms with van der Waals surface area (Å²) in [5.41, 5.74) is 5.98. The SMILES string of the molecule is CC(=O)c1cccc(OCCCC(=O)N2C[C@@H](C(N)=O)CC[C@H]2C)c1. The number of rotatable bonds is 7. The molecule has 1 saturated heterocycles. The number of piperidine rings is 1. The molecule has 25 heavy (non-hydrogen) atoms. The highest BCUT2D eigenvalue weighted by molar-refractivity contribution is 5.94. The molecule has 1 aromatic rings. The van der Waals surface area contributed by atoms with E-state index >= 15 is 0 Å². The van der Waals surface area contributed by atoms with Crippen LogP contribution in [0.3, 0.4) is 0 Å². The third-order valence-corrected chi connectivity index (χ3v) is 4.65. The molecule has 6 heteroatoms. The Morgan fingerprint density at radius 1 is 1.28 bits per heavy atom. The Hall–Kier alpha value is -2.37. The quantitative estimate of drug-likeness (QED) is 0.605. The van der Waals surface area contributed by atoms with Gasteiger partial charge in [0.15, 0.2) is 5.78 Å². The Balaban J connectivity index is 1.79. The lowest BCUT2D eigenvalue weighted by atomic mass is 9.92. The van der Waals surface area contributed by atoms with E-state index in [0.717, 1.165) is 12.8 Å². The lowest BCUT2D eigenvalue weighted by Crippen LogP contribution is -2.48. The van der Waals surface area contributed by atoms with Gasteiger partial charge in [0.25, 0.3) is 0 Å². The van der Waals surface area contributed by atoms with Crippen LogP contribution in [-0.2, 0) is 9.59 Å². The maximum absolute atomic E-state index is 12.4. The Kier molecular flexibility index (Phi) is 6.56. The average Bonchev–Trinajstić information content (AvgIpc) is 2.59. The molecule has 0 saturated carbocycles. The van der Waals surface area contributed by atoms with Crippen LogP contribution in [0.2, 0.25) is 0 Å². The lowest BCUT2D eigenvalue weighted by molar-refractivity contribution is -0.137. The number of carbonyl (C=O) groups excluding carboxylic acids is 3. The van der Waals surface area contributed by atoms with Crippen LogP contribution in [-0.4, -0.2) is 41.7 Å². The maximum atomic E-state index is 12.4. The number of nitrogens with two attached hydrogens (primary N) is 1. The second-order valence-corrected chi connectivity index (χ2v) is 6.61. The van der Waals surface area contributed by atoms with Gasteiger partial charge in [0.1, 0.15) is 5.75 Å². The third-order valence-electron chi connectivity index (χ3n) is 4.65. The predicted molar refractivity (Wildman–Crippen MR) is 94.3 cm³/mol. The number of ketones is 1. The minimum Gasteiger partial charge on any atom is -0.494 e. The summed E-state index contributed by atoms with van der Waals surface area (Å²) in [5, 5.41) is 0. The smallest absolute Gasteiger partial charge is 0.222 e. The third kappa shape index (κ3) is 5.31. The first-order chi connectivity index (χ1) is 11.9. The number of primary amides is 1. The molecule has 2 atom stereocenters. The molecule has 0 unspecified atom stereocenters. The standard InChI is InChI=1S/C19H26N2O4/c1-13-8-9-16(19(20)24)12-21(13)18(23)7-4-10-25-17-6-3-5-15(11-17)14(2)22/h3,5-6,11,13,16H,4,7-10,12H2,1-2H3,(H2,20,24)/t13-,16+/m1/s1. The summed E-state index contributed by atoms with van der Waals surface area (Å²) >= 11 is 0. The molecular weight excluding hydrogens is 320 g/mol. The number of nitrogens with zero attached hydrogens (tertiary/aromatic N) is 1. The molecule has 0 aromatic heterocycles. The molecule has 1 aliphatic heterocycles. The molecule has 0 bridgehead atoms. The summed E-state index contributed by atoms with van der Waals surface area (Å²) < 4.78 is 5.62. The molecule has 1 aliphatic rings. The molecule has 0 radical (unpaired) electrons. The van der Waals surface area contributed by atoms with E-state index in [4.69, 9.17) is 10.5 Å². The van der Waals surface area contributed by atoms with E-state index in [0.29, 0.717) is 37.3 Å². The van der Waals surface area contributed by atoms with Crippen LogP contribution < -0.4 is 10.5 Å². The van der Waals surface area contributed by atoms with Gasteiger partial charge in [0.2, 0.25) is 11.8 Å². The fraction of sp³-hybridized carbons (Fsp3) is 0.526. The van der Waals surface area contributed by atoms with Gasteiger partial charge in [-0.2, -0.15) is 0 Å². The van der Waals surface area contributed by atoms with E-state index in [1.54, 1.807) is 29.2 Å². The summed E-state index contributed by atoms with van der Waals surface area (Å²) in [5.74, 6) is 0.0626. The van der Waals surface area contributed by atoms with Crippen molar-refractivity contribution in [2.45, 2.75) is 45.6 Å². The Morgan fingerprint density at radius 3 is 2.72 bits per heavy atom. The van der Waals surface area contributed by atoms with Gasteiger partial charge >= 0.3 is 0 Å². The molecule has 2 N–H and O–H groups in total. The molecule has 0 aliphatic carbocycles. The van der Waals surface area contributed by atoms with Crippen molar-refractivity contribution < 1.29 is 19.1 Å². The van der Waals surface area contributed by atoms with Gasteiger partial charge in [-0.05, 0) is 45.2 Å². The molecule has 1 heterocycles. The van der Waals surface area contributed by atoms with E-state index in [-0.39, 0.29) is 29.6 Å². The highest BCUT2D eigenvalue weighted by Gasteiger charge is 2.31. The largest absolute Gasteiger partial charge is 0.494 e. The van der Waals surface area contributed by atoms with Crippen LogP contribution in [0.15, 0.2) is 24.3 Å². The fourth-order valence-corrected chi connectivity index (χ4v) is 3.05. The first-order valence-corrected chi connectivity index (χ1v) is 8.71. The van der Waals surface area contributed by atoms with E-state index < -0.39 is 0 Å². The number of likely N-dealkylation sites (tertiary alicyclic amines) is 1. The highest BCUT2D eigenvalue weighted by Crippen LogP contribution is 2.22. The van der Waals surface area contributed by atoms with E-state index in [9.17, 15) is 14.4 Å². The number of hydrogen-bond donors (Lipinski definition) is 1. The summed E-state index contributed by atoms with van der Waals surface area (Å²) in [6.07, 6.45) is 2.49. The summed E-state index contributed by atoms with van der Waals surface area (Å²) in [4.78, 5) is 36.9. The van der Waals surface area contributed by atoms with Crippen molar-refractivity contribution >= 4 is 17.6 Å². The van der Waals surface area contributed by atoms with Gasteiger partial charge in [0.05, 0.1) is 12.5 Å². The van der Waals surface area contributed by atoms with Gasteiger partial charge in [-0.25, -0.2) is 0 Å². The molecule has 6 nitrogen and oxygen atoms in total. The normalized spacial score (nSPS) is 20.2. The molecule has 1 fully saturated rings. The average molecular weight is 346 g/mol. The predicted octanol–water partition coefficient (Wildman–Crippen LogP) is 2.16. The highest BCUT2D eigenvalue weighted by atomic mass is 16.5. The van der Waals surface area contributed by atoms with E-state index in [1.807, 2.05) is 6.92 Å². The summed E-state index contributed by atoms with van der Waals surface area (Å²) in [7, 11) is 0. The molecule has 2 amide bonds. The van der Waals surface area contributed by atoms with Crippen molar-refractivity contribution in [1.29, 1.82) is 0 Å². The summed E-state index contributed by atoms with van der Waals surface area (Å²) in [6.45, 7) is 4.32. The number of hydrogen-bond acceptors (Lipinski definition) is 4.